The Kier molecular flexibility index (Phi) is 3.49. The van der Waals surface area contributed by atoms with Gasteiger partial charge in [-0.2, -0.15) is 0 Å². The Hall–Kier alpha value is -1.03. The topological polar surface area (TPSA) is 26.3 Å². The van der Waals surface area contributed by atoms with Crippen LogP contribution in [0.25, 0.3) is 0 Å². The maximum Gasteiger partial charge on any atom is 0.160 e. The Balaban J connectivity index is 2.22. The fraction of sp³-hybridized carbons (Fsp3) is 0. The number of ether oxygens (including phenoxy) is 1. The molecule has 1 heterocycles. The molecule has 0 aliphatic rings. The van der Waals surface area contributed by atoms with Crippen LogP contribution in [-0.2, 0) is 0 Å². The number of halogens is 2. The molecule has 2 rings (SSSR count). The Labute approximate surface area is 106 Å². The number of hydrogen-bond donors (Lipinski definition) is 0. The van der Waals surface area contributed by atoms with Crippen molar-refractivity contribution in [3.05, 3.63) is 44.6 Å². The smallest absolute Gasteiger partial charge is 0.160 e. The lowest BCUT2D eigenvalue weighted by atomic mass is 10.3. The predicted molar refractivity (Wildman–Crippen MR) is 66.2 cm³/mol. The molecule has 2 nitrogen and oxygen atoms in total. The van der Waals surface area contributed by atoms with Gasteiger partial charge < -0.3 is 4.74 Å². The van der Waals surface area contributed by atoms with Gasteiger partial charge in [0.25, 0.3) is 0 Å². The molecule has 0 radical (unpaired) electrons. The number of carbonyl (C=O) groups is 1. The number of carbonyl (C=O) groups excluding carboxylic acids is 1. The first-order valence-electron chi connectivity index (χ1n) is 4.35. The SMILES string of the molecule is O=Cc1cc(Oc2cc(Cl)cc(Cl)c2)cs1. The third-order valence-corrected chi connectivity index (χ3v) is 3.06. The van der Waals surface area contributed by atoms with Crippen molar-refractivity contribution >= 4 is 40.8 Å². The minimum absolute atomic E-state index is 0.508. The zero-order valence-electron chi connectivity index (χ0n) is 7.94. The highest BCUT2D eigenvalue weighted by atomic mass is 35.5. The maximum atomic E-state index is 10.5. The third kappa shape index (κ3) is 2.76. The van der Waals surface area contributed by atoms with Crippen LogP contribution in [0.4, 0.5) is 0 Å². The van der Waals surface area contributed by atoms with Crippen molar-refractivity contribution in [3.8, 4) is 11.5 Å². The second-order valence-corrected chi connectivity index (χ2v) is 4.83. The van der Waals surface area contributed by atoms with Crippen molar-refractivity contribution < 1.29 is 9.53 Å². The molecule has 0 aliphatic heterocycles. The fourth-order valence-electron chi connectivity index (χ4n) is 1.17. The van der Waals surface area contributed by atoms with Gasteiger partial charge in [-0.05, 0) is 18.2 Å². The first-order chi connectivity index (χ1) is 7.67. The van der Waals surface area contributed by atoms with Crippen LogP contribution in [0.1, 0.15) is 9.67 Å². The molecule has 1 aromatic heterocycles. The Morgan fingerprint density at radius 3 is 2.31 bits per heavy atom. The van der Waals surface area contributed by atoms with E-state index in [0.29, 0.717) is 26.4 Å². The molecule has 0 aliphatic carbocycles. The van der Waals surface area contributed by atoms with E-state index in [1.54, 1.807) is 29.6 Å². The summed E-state index contributed by atoms with van der Waals surface area (Å²) in [6.07, 6.45) is 0.780. The van der Waals surface area contributed by atoms with Crippen LogP contribution in [0.3, 0.4) is 0 Å². The van der Waals surface area contributed by atoms with Crippen LogP contribution < -0.4 is 4.74 Å². The standard InChI is InChI=1S/C11H6Cl2O2S/c12-7-1-8(13)3-9(2-7)15-10-4-11(5-14)16-6-10/h1-6H. The maximum absolute atomic E-state index is 10.5. The second-order valence-electron chi connectivity index (χ2n) is 3.01. The molecule has 2 aromatic rings. The van der Waals surface area contributed by atoms with Crippen molar-refractivity contribution in [1.29, 1.82) is 0 Å². The minimum Gasteiger partial charge on any atom is -0.456 e. The van der Waals surface area contributed by atoms with Gasteiger partial charge in [-0.1, -0.05) is 23.2 Å². The molecule has 5 heteroatoms. The zero-order chi connectivity index (χ0) is 11.5. The van der Waals surface area contributed by atoms with E-state index in [1.165, 1.54) is 11.3 Å². The molecule has 0 spiro atoms. The largest absolute Gasteiger partial charge is 0.456 e. The monoisotopic (exact) mass is 272 g/mol. The lowest BCUT2D eigenvalue weighted by Crippen LogP contribution is -1.81. The number of hydrogen-bond acceptors (Lipinski definition) is 3. The summed E-state index contributed by atoms with van der Waals surface area (Å²) in [6.45, 7) is 0. The number of aldehydes is 1. The van der Waals surface area contributed by atoms with Crippen LogP contribution in [0.2, 0.25) is 10.0 Å². The van der Waals surface area contributed by atoms with Crippen LogP contribution in [0, 0.1) is 0 Å². The molecule has 0 bridgehead atoms. The summed E-state index contributed by atoms with van der Waals surface area (Å²) in [5.41, 5.74) is 0. The summed E-state index contributed by atoms with van der Waals surface area (Å²) < 4.78 is 5.51. The van der Waals surface area contributed by atoms with Gasteiger partial charge in [0.05, 0.1) is 4.88 Å². The molecule has 0 atom stereocenters. The van der Waals surface area contributed by atoms with Gasteiger partial charge >= 0.3 is 0 Å². The van der Waals surface area contributed by atoms with E-state index in [4.69, 9.17) is 27.9 Å². The highest BCUT2D eigenvalue weighted by molar-refractivity contribution is 7.11. The fourth-order valence-corrected chi connectivity index (χ4v) is 2.29. The highest BCUT2D eigenvalue weighted by Crippen LogP contribution is 2.30. The van der Waals surface area contributed by atoms with Crippen molar-refractivity contribution in [2.24, 2.45) is 0 Å². The molecule has 0 unspecified atom stereocenters. The Bertz CT molecular complexity index is 502. The van der Waals surface area contributed by atoms with Gasteiger partial charge in [0.2, 0.25) is 0 Å². The first kappa shape index (κ1) is 11.5. The molecular weight excluding hydrogens is 267 g/mol. The molecule has 0 saturated heterocycles. The van der Waals surface area contributed by atoms with Gasteiger partial charge in [-0.25, -0.2) is 0 Å². The van der Waals surface area contributed by atoms with Gasteiger partial charge in [-0.3, -0.25) is 4.79 Å². The molecule has 82 valence electrons. The summed E-state index contributed by atoms with van der Waals surface area (Å²) in [5, 5.41) is 2.76. The average molecular weight is 273 g/mol. The van der Waals surface area contributed by atoms with E-state index < -0.39 is 0 Å². The zero-order valence-corrected chi connectivity index (χ0v) is 10.3. The molecule has 0 N–H and O–H groups in total. The Morgan fingerprint density at radius 2 is 1.75 bits per heavy atom. The van der Waals surface area contributed by atoms with E-state index >= 15 is 0 Å². The summed E-state index contributed by atoms with van der Waals surface area (Å²) in [6, 6.07) is 6.60. The molecule has 0 saturated carbocycles. The molecule has 1 aromatic carbocycles. The highest BCUT2D eigenvalue weighted by Gasteiger charge is 2.03. The van der Waals surface area contributed by atoms with Crippen molar-refractivity contribution in [2.45, 2.75) is 0 Å². The quantitative estimate of drug-likeness (QED) is 0.760. The average Bonchev–Trinajstić information content (AvgIpc) is 2.64. The predicted octanol–water partition coefficient (Wildman–Crippen LogP) is 4.66. The molecular formula is C11H6Cl2O2S. The van der Waals surface area contributed by atoms with Crippen LogP contribution in [-0.4, -0.2) is 6.29 Å². The van der Waals surface area contributed by atoms with Crippen molar-refractivity contribution in [1.82, 2.24) is 0 Å². The Morgan fingerprint density at radius 1 is 1.06 bits per heavy atom. The van der Waals surface area contributed by atoms with E-state index in [9.17, 15) is 4.79 Å². The van der Waals surface area contributed by atoms with Crippen LogP contribution >= 0.6 is 34.5 Å². The first-order valence-corrected chi connectivity index (χ1v) is 5.98. The van der Waals surface area contributed by atoms with Gasteiger partial charge in [0, 0.05) is 21.5 Å². The van der Waals surface area contributed by atoms with Crippen LogP contribution in [0.5, 0.6) is 11.5 Å². The molecule has 16 heavy (non-hydrogen) atoms. The summed E-state index contributed by atoms with van der Waals surface area (Å²) >= 11 is 13.0. The van der Waals surface area contributed by atoms with Crippen LogP contribution in [0.15, 0.2) is 29.6 Å². The summed E-state index contributed by atoms with van der Waals surface area (Å²) in [4.78, 5) is 11.1. The van der Waals surface area contributed by atoms with E-state index in [1.807, 2.05) is 0 Å². The lowest BCUT2D eigenvalue weighted by Gasteiger charge is -2.03. The third-order valence-electron chi connectivity index (χ3n) is 1.78. The second kappa shape index (κ2) is 4.87. The van der Waals surface area contributed by atoms with E-state index in [2.05, 4.69) is 0 Å². The van der Waals surface area contributed by atoms with E-state index in [0.717, 1.165) is 6.29 Å². The van der Waals surface area contributed by atoms with Gasteiger partial charge in [0.15, 0.2) is 6.29 Å². The number of benzene rings is 1. The lowest BCUT2D eigenvalue weighted by molar-refractivity contribution is 0.112. The van der Waals surface area contributed by atoms with E-state index in [-0.39, 0.29) is 0 Å². The normalized spacial score (nSPS) is 10.1. The summed E-state index contributed by atoms with van der Waals surface area (Å²) in [5.74, 6) is 1.15. The minimum atomic E-state index is 0.508. The van der Waals surface area contributed by atoms with Crippen molar-refractivity contribution in [2.75, 3.05) is 0 Å². The van der Waals surface area contributed by atoms with Gasteiger partial charge in [0.1, 0.15) is 11.5 Å². The van der Waals surface area contributed by atoms with Gasteiger partial charge in [-0.15, -0.1) is 11.3 Å². The summed E-state index contributed by atoms with van der Waals surface area (Å²) in [7, 11) is 0. The number of thiophene rings is 1. The number of rotatable bonds is 3. The molecule has 0 fully saturated rings. The van der Waals surface area contributed by atoms with Crippen molar-refractivity contribution in [3.63, 3.8) is 0 Å². The molecule has 0 amide bonds.